The van der Waals surface area contributed by atoms with Gasteiger partial charge in [-0.05, 0) is 37.1 Å². The lowest BCUT2D eigenvalue weighted by molar-refractivity contribution is -0.383. The molecule has 1 aromatic heterocycles. The zero-order valence-electron chi connectivity index (χ0n) is 14.8. The molecule has 2 aromatic rings. The van der Waals surface area contributed by atoms with Crippen LogP contribution in [-0.2, 0) is 0 Å². The van der Waals surface area contributed by atoms with Crippen molar-refractivity contribution >= 4 is 23.0 Å². The van der Waals surface area contributed by atoms with Crippen molar-refractivity contribution in [1.82, 2.24) is 9.97 Å². The molecule has 0 unspecified atom stereocenters. The van der Waals surface area contributed by atoms with E-state index in [1.165, 1.54) is 18.5 Å². The summed E-state index contributed by atoms with van der Waals surface area (Å²) < 4.78 is 40.5. The second kappa shape index (κ2) is 8.28. The van der Waals surface area contributed by atoms with E-state index in [2.05, 4.69) is 20.0 Å². The Morgan fingerprint density at radius 1 is 1.07 bits per heavy atom. The van der Waals surface area contributed by atoms with Crippen LogP contribution in [-0.4, -0.2) is 34.3 Å². The molecular weight excluding hydrogens is 379 g/mol. The van der Waals surface area contributed by atoms with Gasteiger partial charge in [0.25, 0.3) is 0 Å². The van der Waals surface area contributed by atoms with Crippen LogP contribution < -0.4 is 15.0 Å². The highest BCUT2D eigenvalue weighted by Gasteiger charge is 2.31. The molecule has 0 saturated carbocycles. The summed E-state index contributed by atoms with van der Waals surface area (Å²) in [5.74, 6) is -0.175. The zero-order chi connectivity index (χ0) is 20.1. The first-order valence-electron chi connectivity index (χ1n) is 8.70. The van der Waals surface area contributed by atoms with Crippen LogP contribution in [0.25, 0.3) is 0 Å². The van der Waals surface area contributed by atoms with E-state index in [9.17, 15) is 23.3 Å². The van der Waals surface area contributed by atoms with Crippen LogP contribution in [0.2, 0.25) is 0 Å². The summed E-state index contributed by atoms with van der Waals surface area (Å²) in [5.41, 5.74) is 0.0677. The number of aromatic nitrogens is 2. The Morgan fingerprint density at radius 3 is 2.29 bits per heavy atom. The number of ether oxygens (including phenoxy) is 1. The van der Waals surface area contributed by atoms with Crippen LogP contribution in [0, 0.1) is 10.1 Å². The molecule has 1 N–H and O–H groups in total. The van der Waals surface area contributed by atoms with Crippen molar-refractivity contribution in [1.29, 1.82) is 0 Å². The number of alkyl halides is 3. The number of nitrogens with one attached hydrogen (secondary N) is 1. The molecule has 1 aliphatic heterocycles. The van der Waals surface area contributed by atoms with Gasteiger partial charge in [-0.1, -0.05) is 12.8 Å². The standard InChI is InChI=1S/C17H18F3N5O3/c18-17(19,20)28-13-7-5-12(6-8-13)23-15-14(25(26)27)16(22-11-21-15)24-9-3-1-2-4-10-24/h5-8,11H,1-4,9-10H2,(H,21,22,23). The first kappa shape index (κ1) is 19.6. The molecule has 150 valence electrons. The molecule has 0 amide bonds. The van der Waals surface area contributed by atoms with E-state index in [1.54, 1.807) is 0 Å². The van der Waals surface area contributed by atoms with E-state index in [4.69, 9.17) is 0 Å². The van der Waals surface area contributed by atoms with Crippen molar-refractivity contribution in [2.75, 3.05) is 23.3 Å². The highest BCUT2D eigenvalue weighted by Crippen LogP contribution is 2.35. The molecule has 2 heterocycles. The Morgan fingerprint density at radius 2 is 1.71 bits per heavy atom. The second-order valence-electron chi connectivity index (χ2n) is 6.25. The van der Waals surface area contributed by atoms with Crippen molar-refractivity contribution in [2.45, 2.75) is 32.0 Å². The quantitative estimate of drug-likeness (QED) is 0.590. The minimum atomic E-state index is -4.79. The van der Waals surface area contributed by atoms with Gasteiger partial charge in [0.15, 0.2) is 0 Å². The molecule has 11 heteroatoms. The van der Waals surface area contributed by atoms with Crippen molar-refractivity contribution in [3.05, 3.63) is 40.7 Å². The second-order valence-corrected chi connectivity index (χ2v) is 6.25. The van der Waals surface area contributed by atoms with Crippen molar-refractivity contribution < 1.29 is 22.8 Å². The zero-order valence-corrected chi connectivity index (χ0v) is 14.8. The van der Waals surface area contributed by atoms with Crippen molar-refractivity contribution in [2.24, 2.45) is 0 Å². The smallest absolute Gasteiger partial charge is 0.406 e. The summed E-state index contributed by atoms with van der Waals surface area (Å²) in [6, 6.07) is 4.86. The molecule has 1 aromatic carbocycles. The molecule has 1 saturated heterocycles. The lowest BCUT2D eigenvalue weighted by Crippen LogP contribution is -2.26. The van der Waals surface area contributed by atoms with E-state index in [0.717, 1.165) is 37.8 Å². The maximum atomic E-state index is 12.2. The average Bonchev–Trinajstić information content (AvgIpc) is 2.91. The predicted molar refractivity (Wildman–Crippen MR) is 95.8 cm³/mol. The first-order valence-corrected chi connectivity index (χ1v) is 8.70. The fourth-order valence-electron chi connectivity index (χ4n) is 3.02. The average molecular weight is 397 g/mol. The van der Waals surface area contributed by atoms with Gasteiger partial charge in [-0.3, -0.25) is 10.1 Å². The molecule has 1 fully saturated rings. The first-order chi connectivity index (χ1) is 13.3. The van der Waals surface area contributed by atoms with E-state index in [-0.39, 0.29) is 23.1 Å². The number of rotatable bonds is 5. The van der Waals surface area contributed by atoms with Crippen LogP contribution >= 0.6 is 0 Å². The Kier molecular flexibility index (Phi) is 5.81. The lowest BCUT2D eigenvalue weighted by atomic mass is 10.2. The fraction of sp³-hybridized carbons (Fsp3) is 0.412. The molecular formula is C17H18F3N5O3. The molecule has 28 heavy (non-hydrogen) atoms. The number of hydrogen-bond donors (Lipinski definition) is 1. The summed E-state index contributed by atoms with van der Waals surface area (Å²) in [6.45, 7) is 1.33. The Bertz CT molecular complexity index is 822. The molecule has 0 spiro atoms. The maximum absolute atomic E-state index is 12.2. The Labute approximate surface area is 158 Å². The van der Waals surface area contributed by atoms with Gasteiger partial charge in [0, 0.05) is 18.8 Å². The minimum Gasteiger partial charge on any atom is -0.406 e. The third-order valence-electron chi connectivity index (χ3n) is 4.24. The fourth-order valence-corrected chi connectivity index (χ4v) is 3.02. The lowest BCUT2D eigenvalue weighted by Gasteiger charge is -2.21. The highest BCUT2D eigenvalue weighted by molar-refractivity contribution is 5.74. The summed E-state index contributed by atoms with van der Waals surface area (Å²) in [7, 11) is 0. The van der Waals surface area contributed by atoms with Crippen LogP contribution in [0.5, 0.6) is 5.75 Å². The Balaban J connectivity index is 1.85. The summed E-state index contributed by atoms with van der Waals surface area (Å²) in [5, 5.41) is 14.5. The molecule has 8 nitrogen and oxygen atoms in total. The highest BCUT2D eigenvalue weighted by atomic mass is 19.4. The number of halogens is 3. The number of hydrogen-bond acceptors (Lipinski definition) is 7. The van der Waals surface area contributed by atoms with Gasteiger partial charge in [0.05, 0.1) is 4.92 Å². The number of anilines is 3. The third kappa shape index (κ3) is 4.99. The van der Waals surface area contributed by atoms with Gasteiger partial charge in [0.1, 0.15) is 12.1 Å². The van der Waals surface area contributed by atoms with Crippen LogP contribution in [0.15, 0.2) is 30.6 Å². The third-order valence-corrected chi connectivity index (χ3v) is 4.24. The summed E-state index contributed by atoms with van der Waals surface area (Å²) >= 11 is 0. The number of nitrogens with zero attached hydrogens (tertiary/aromatic N) is 4. The van der Waals surface area contributed by atoms with Gasteiger partial charge in [0.2, 0.25) is 11.6 Å². The van der Waals surface area contributed by atoms with Crippen molar-refractivity contribution in [3.63, 3.8) is 0 Å². The maximum Gasteiger partial charge on any atom is 0.573 e. The van der Waals surface area contributed by atoms with Gasteiger partial charge in [-0.25, -0.2) is 9.97 Å². The monoisotopic (exact) mass is 397 g/mol. The van der Waals surface area contributed by atoms with E-state index in [0.29, 0.717) is 18.8 Å². The van der Waals surface area contributed by atoms with E-state index < -0.39 is 11.3 Å². The molecule has 0 aliphatic carbocycles. The molecule has 0 bridgehead atoms. The van der Waals surface area contributed by atoms with Crippen LogP contribution in [0.1, 0.15) is 25.7 Å². The molecule has 3 rings (SSSR count). The van der Waals surface area contributed by atoms with Crippen LogP contribution in [0.4, 0.5) is 36.2 Å². The number of nitro groups is 1. The molecule has 1 aliphatic rings. The topological polar surface area (TPSA) is 93.4 Å². The minimum absolute atomic E-state index is 0.0243. The van der Waals surface area contributed by atoms with E-state index >= 15 is 0 Å². The van der Waals surface area contributed by atoms with E-state index in [1.807, 2.05) is 4.90 Å². The largest absolute Gasteiger partial charge is 0.573 e. The van der Waals surface area contributed by atoms with Gasteiger partial charge >= 0.3 is 12.0 Å². The van der Waals surface area contributed by atoms with Crippen molar-refractivity contribution in [3.8, 4) is 5.75 Å². The Hall–Kier alpha value is -3.11. The summed E-state index contributed by atoms with van der Waals surface area (Å²) in [4.78, 5) is 21.1. The van der Waals surface area contributed by atoms with Gasteiger partial charge in [-0.15, -0.1) is 13.2 Å². The normalized spacial score (nSPS) is 15.0. The summed E-state index contributed by atoms with van der Waals surface area (Å²) in [6.07, 6.45) is 0.411. The number of benzene rings is 1. The van der Waals surface area contributed by atoms with Gasteiger partial charge < -0.3 is 15.0 Å². The predicted octanol–water partition coefficient (Wildman–Crippen LogP) is 4.41. The molecule has 0 radical (unpaired) electrons. The van der Waals surface area contributed by atoms with Gasteiger partial charge in [-0.2, -0.15) is 0 Å². The molecule has 0 atom stereocenters. The SMILES string of the molecule is O=[N+]([O-])c1c(Nc2ccc(OC(F)(F)F)cc2)ncnc1N1CCCCCC1. The van der Waals surface area contributed by atoms with Crippen LogP contribution in [0.3, 0.4) is 0 Å².